The highest BCUT2D eigenvalue weighted by Gasteiger charge is 2.37. The Morgan fingerprint density at radius 2 is 1.11 bits per heavy atom. The molecule has 1 heterocycles. The van der Waals surface area contributed by atoms with Crippen molar-refractivity contribution < 1.29 is 0 Å². The lowest BCUT2D eigenvalue weighted by atomic mass is 9.81. The summed E-state index contributed by atoms with van der Waals surface area (Å²) in [5.74, 6) is 0. The van der Waals surface area contributed by atoms with E-state index in [1.54, 1.807) is 0 Å². The van der Waals surface area contributed by atoms with Gasteiger partial charge in [-0.2, -0.15) is 0 Å². The largest absolute Gasteiger partial charge is 0.135 e. The highest BCUT2D eigenvalue weighted by molar-refractivity contribution is 7.26. The molecule has 0 nitrogen and oxygen atoms in total. The first-order valence-electron chi connectivity index (χ1n) is 19.7. The van der Waals surface area contributed by atoms with Gasteiger partial charge in [-0.1, -0.05) is 166 Å². The van der Waals surface area contributed by atoms with Crippen molar-refractivity contribution in [3.63, 3.8) is 0 Å². The Bertz CT molecular complexity index is 3290. The van der Waals surface area contributed by atoms with Gasteiger partial charge in [0.05, 0.1) is 0 Å². The van der Waals surface area contributed by atoms with Crippen LogP contribution in [0.3, 0.4) is 0 Å². The molecular weight excluding hydrogens is 693 g/mol. The molecule has 1 aromatic heterocycles. The van der Waals surface area contributed by atoms with Crippen molar-refractivity contribution in [3.8, 4) is 22.3 Å². The molecule has 9 aromatic carbocycles. The molecule has 0 saturated heterocycles. The number of benzene rings is 9. The Morgan fingerprint density at radius 3 is 1.88 bits per heavy atom. The topological polar surface area (TPSA) is 0 Å². The fraction of sp³-hybridized carbons (Fsp3) is 0.0909. The first-order chi connectivity index (χ1) is 27.4. The maximum atomic E-state index is 2.46. The van der Waals surface area contributed by atoms with Crippen molar-refractivity contribution >= 4 is 85.7 Å². The molecule has 0 unspecified atom stereocenters. The van der Waals surface area contributed by atoms with Crippen LogP contribution in [0.15, 0.2) is 170 Å². The van der Waals surface area contributed by atoms with E-state index in [1.165, 1.54) is 119 Å². The molecule has 1 heteroatoms. The lowest BCUT2D eigenvalue weighted by molar-refractivity contribution is 0.660. The van der Waals surface area contributed by atoms with Crippen LogP contribution in [0.25, 0.3) is 96.7 Å². The molecule has 1 aliphatic carbocycles. The van der Waals surface area contributed by atoms with Gasteiger partial charge in [0.25, 0.3) is 0 Å². The molecule has 0 atom stereocenters. The number of allylic oxidation sites excluding steroid dienone is 4. The van der Waals surface area contributed by atoms with Gasteiger partial charge in [-0.25, -0.2) is 0 Å². The van der Waals surface area contributed by atoms with Crippen molar-refractivity contribution in [1.82, 2.24) is 0 Å². The minimum Gasteiger partial charge on any atom is -0.135 e. The van der Waals surface area contributed by atoms with Crippen molar-refractivity contribution in [1.29, 1.82) is 0 Å². The summed E-state index contributed by atoms with van der Waals surface area (Å²) in [6.45, 7) is 9.34. The fourth-order valence-electron chi connectivity index (χ4n) is 9.70. The zero-order valence-corrected chi connectivity index (χ0v) is 32.9. The summed E-state index contributed by atoms with van der Waals surface area (Å²) in [5.41, 5.74) is 13.1. The standard InChI is InChI=1S/C55H40S/c1-33(37-26-29-46-48(32-37)55(3,4)47-30-27-36-25-28-45-40-15-11-12-20-49(40)56-54(45)52(36)53(46)47)21-22-34(2)50-41-16-7-9-18-43(41)51(44-19-10-8-17-42(44)50)39-24-23-35-13-5-6-14-38(35)31-39/h5-32H,1-4H3/b33-21+,34-22+. The van der Waals surface area contributed by atoms with E-state index in [0.29, 0.717) is 0 Å². The molecule has 0 spiro atoms. The van der Waals surface area contributed by atoms with Gasteiger partial charge in [0.15, 0.2) is 0 Å². The molecule has 0 saturated carbocycles. The van der Waals surface area contributed by atoms with Gasteiger partial charge in [-0.05, 0) is 125 Å². The third kappa shape index (κ3) is 4.84. The van der Waals surface area contributed by atoms with E-state index in [4.69, 9.17) is 0 Å². The van der Waals surface area contributed by atoms with Crippen molar-refractivity contribution in [2.75, 3.05) is 0 Å². The number of fused-ring (bicyclic) bond motifs is 12. The summed E-state index contributed by atoms with van der Waals surface area (Å²) in [7, 11) is 0. The van der Waals surface area contributed by atoms with Crippen molar-refractivity contribution in [2.24, 2.45) is 0 Å². The van der Waals surface area contributed by atoms with Gasteiger partial charge < -0.3 is 0 Å². The quantitative estimate of drug-likeness (QED) is 0.125. The number of thiophene rings is 1. The van der Waals surface area contributed by atoms with Crippen LogP contribution >= 0.6 is 11.3 Å². The Hall–Kier alpha value is -6.28. The van der Waals surface area contributed by atoms with E-state index in [9.17, 15) is 0 Å². The Kier molecular flexibility index (Phi) is 7.31. The van der Waals surface area contributed by atoms with Crippen LogP contribution in [0.4, 0.5) is 0 Å². The SMILES string of the molecule is C/C(=C\C=C(/C)c1c2ccccc2c(-c2ccc3ccccc3c2)c2ccccc12)c1ccc2c(c1)C(C)(C)c1ccc3ccc4c5ccccc5sc4c3c1-2. The number of hydrogen-bond acceptors (Lipinski definition) is 1. The summed E-state index contributed by atoms with van der Waals surface area (Å²) < 4.78 is 2.75. The zero-order chi connectivity index (χ0) is 37.7. The van der Waals surface area contributed by atoms with E-state index in [-0.39, 0.29) is 5.41 Å². The van der Waals surface area contributed by atoms with Gasteiger partial charge in [-0.15, -0.1) is 11.3 Å². The Balaban J connectivity index is 1.03. The molecule has 11 rings (SSSR count). The van der Waals surface area contributed by atoms with Crippen LogP contribution in [-0.4, -0.2) is 0 Å². The first-order valence-corrected chi connectivity index (χ1v) is 20.5. The van der Waals surface area contributed by atoms with Crippen molar-refractivity contribution in [3.05, 3.63) is 192 Å². The monoisotopic (exact) mass is 732 g/mol. The van der Waals surface area contributed by atoms with Crippen LogP contribution in [0.2, 0.25) is 0 Å². The van der Waals surface area contributed by atoms with Gasteiger partial charge in [-0.3, -0.25) is 0 Å². The lowest BCUT2D eigenvalue weighted by Gasteiger charge is -2.22. The average molecular weight is 733 g/mol. The molecule has 10 aromatic rings. The minimum atomic E-state index is -0.107. The highest BCUT2D eigenvalue weighted by atomic mass is 32.1. The van der Waals surface area contributed by atoms with E-state index >= 15 is 0 Å². The van der Waals surface area contributed by atoms with Gasteiger partial charge >= 0.3 is 0 Å². The maximum absolute atomic E-state index is 2.46. The van der Waals surface area contributed by atoms with E-state index < -0.39 is 0 Å². The Morgan fingerprint density at radius 1 is 0.482 bits per heavy atom. The molecule has 0 radical (unpaired) electrons. The molecule has 266 valence electrons. The van der Waals surface area contributed by atoms with Crippen LogP contribution in [-0.2, 0) is 5.41 Å². The predicted molar refractivity (Wildman–Crippen MR) is 246 cm³/mol. The maximum Gasteiger partial charge on any atom is 0.0440 e. The average Bonchev–Trinajstić information content (AvgIpc) is 3.73. The van der Waals surface area contributed by atoms with E-state index in [2.05, 4.69) is 198 Å². The van der Waals surface area contributed by atoms with E-state index in [1.807, 2.05) is 11.3 Å². The Labute approximate surface area is 331 Å². The molecule has 0 bridgehead atoms. The predicted octanol–water partition coefficient (Wildman–Crippen LogP) is 16.1. The van der Waals surface area contributed by atoms with Gasteiger partial charge in [0.2, 0.25) is 0 Å². The van der Waals surface area contributed by atoms with Crippen LogP contribution in [0.1, 0.15) is 49.9 Å². The lowest BCUT2D eigenvalue weighted by Crippen LogP contribution is -2.15. The summed E-state index contributed by atoms with van der Waals surface area (Å²) >= 11 is 1.93. The van der Waals surface area contributed by atoms with E-state index in [0.717, 1.165) is 0 Å². The molecule has 56 heavy (non-hydrogen) atoms. The van der Waals surface area contributed by atoms with Crippen LogP contribution < -0.4 is 0 Å². The number of rotatable bonds is 4. The summed E-state index contributed by atoms with van der Waals surface area (Å²) in [6.07, 6.45) is 4.65. The molecule has 0 fully saturated rings. The second kappa shape index (κ2) is 12.4. The molecule has 1 aliphatic rings. The minimum absolute atomic E-state index is 0.107. The van der Waals surface area contributed by atoms with Crippen LogP contribution in [0.5, 0.6) is 0 Å². The molecule has 0 aliphatic heterocycles. The second-order valence-corrected chi connectivity index (χ2v) is 17.2. The summed E-state index contributed by atoms with van der Waals surface area (Å²) in [4.78, 5) is 0. The third-order valence-corrected chi connectivity index (χ3v) is 13.8. The summed E-state index contributed by atoms with van der Waals surface area (Å²) in [6, 6.07) is 58.8. The highest BCUT2D eigenvalue weighted by Crippen LogP contribution is 2.54. The summed E-state index contributed by atoms with van der Waals surface area (Å²) in [5, 5.41) is 13.1. The van der Waals surface area contributed by atoms with Gasteiger partial charge in [0, 0.05) is 31.0 Å². The fourth-order valence-corrected chi connectivity index (χ4v) is 11.0. The zero-order valence-electron chi connectivity index (χ0n) is 32.1. The molecule has 0 N–H and O–H groups in total. The smallest absolute Gasteiger partial charge is 0.0440 e. The van der Waals surface area contributed by atoms with Gasteiger partial charge in [0.1, 0.15) is 0 Å². The molecule has 0 amide bonds. The molecular formula is C55H40S. The number of hydrogen-bond donors (Lipinski definition) is 0. The van der Waals surface area contributed by atoms with Crippen molar-refractivity contribution in [2.45, 2.75) is 33.1 Å². The first kappa shape index (κ1) is 33.1. The van der Waals surface area contributed by atoms with Crippen LogP contribution in [0, 0.1) is 0 Å². The normalized spacial score (nSPS) is 14.1. The third-order valence-electron chi connectivity index (χ3n) is 12.6. The second-order valence-electron chi connectivity index (χ2n) is 16.1.